The van der Waals surface area contributed by atoms with Crippen molar-refractivity contribution in [1.29, 1.82) is 0 Å². The third-order valence-corrected chi connectivity index (χ3v) is 8.82. The molecule has 2 aromatic heterocycles. The Morgan fingerprint density at radius 1 is 1.11 bits per heavy atom. The molecule has 3 heterocycles. The second-order valence-corrected chi connectivity index (χ2v) is 11.5. The van der Waals surface area contributed by atoms with Gasteiger partial charge in [-0.1, -0.05) is 12.5 Å². The molecule has 3 aliphatic rings. The predicted molar refractivity (Wildman–Crippen MR) is 144 cm³/mol. The Labute approximate surface area is 220 Å². The number of aromatic nitrogens is 2. The molecular weight excluding hydrogens is 466 g/mol. The second-order valence-electron chi connectivity index (χ2n) is 11.5. The average molecular weight is 510 g/mol. The van der Waals surface area contributed by atoms with Crippen LogP contribution in [0.3, 0.4) is 0 Å². The first-order valence-corrected chi connectivity index (χ1v) is 14.3. The summed E-state index contributed by atoms with van der Waals surface area (Å²) >= 11 is 0. The van der Waals surface area contributed by atoms with Crippen molar-refractivity contribution in [1.82, 2.24) is 24.5 Å². The Morgan fingerprint density at radius 2 is 1.89 bits per heavy atom. The Kier molecular flexibility index (Phi) is 8.45. The lowest BCUT2D eigenvalue weighted by molar-refractivity contribution is 0.0500. The van der Waals surface area contributed by atoms with Gasteiger partial charge in [-0.25, -0.2) is 4.98 Å². The first-order valence-electron chi connectivity index (χ1n) is 14.3. The number of rotatable bonds is 11. The zero-order valence-electron chi connectivity index (χ0n) is 22.5. The highest BCUT2D eigenvalue weighted by atomic mass is 16.5. The Balaban J connectivity index is 1.20. The van der Waals surface area contributed by atoms with Gasteiger partial charge >= 0.3 is 0 Å². The number of hydrogen-bond donors (Lipinski definition) is 1. The van der Waals surface area contributed by atoms with Crippen molar-refractivity contribution >= 4 is 17.5 Å². The van der Waals surface area contributed by atoms with Crippen LogP contribution in [0.1, 0.15) is 78.8 Å². The number of hydrogen-bond acceptors (Lipinski definition) is 5. The number of methoxy groups -OCH3 is 1. The van der Waals surface area contributed by atoms with Gasteiger partial charge in [-0.05, 0) is 101 Å². The zero-order chi connectivity index (χ0) is 25.8. The van der Waals surface area contributed by atoms with Crippen molar-refractivity contribution in [3.05, 3.63) is 35.8 Å². The molecule has 0 spiro atoms. The summed E-state index contributed by atoms with van der Waals surface area (Å²) in [4.78, 5) is 35.4. The molecule has 8 nitrogen and oxygen atoms in total. The molecule has 0 bridgehead atoms. The summed E-state index contributed by atoms with van der Waals surface area (Å²) in [5.74, 6) is 2.62. The largest absolute Gasteiger partial charge is 0.383 e. The number of carbonyl (C=O) groups is 2. The molecule has 8 heteroatoms. The van der Waals surface area contributed by atoms with E-state index in [1.54, 1.807) is 23.8 Å². The average Bonchev–Trinajstić information content (AvgIpc) is 3.48. The van der Waals surface area contributed by atoms with Gasteiger partial charge in [0, 0.05) is 32.4 Å². The maximum absolute atomic E-state index is 13.6. The molecule has 202 valence electrons. The molecule has 37 heavy (non-hydrogen) atoms. The Morgan fingerprint density at radius 3 is 2.65 bits per heavy atom. The fourth-order valence-corrected chi connectivity index (χ4v) is 6.45. The summed E-state index contributed by atoms with van der Waals surface area (Å²) in [6.45, 7) is 3.65. The minimum atomic E-state index is -0.115. The summed E-state index contributed by atoms with van der Waals surface area (Å²) in [7, 11) is 3.77. The number of carbonyl (C=O) groups excluding carboxylic acids is 2. The van der Waals surface area contributed by atoms with Crippen LogP contribution in [0.15, 0.2) is 24.4 Å². The standard InChI is InChI=1S/C29H43N5O3/c1-32-15-12-24(13-16-32)33(17-18-37-2)29(36)25-20-34-26(6-3-7-27(34)31-25)28(35)30-14-4-5-21-8-9-23(19-21)22-10-11-22/h3,6-7,20-24H,4-5,8-19H2,1-2H3,(H,30,35). The van der Waals surface area contributed by atoms with Gasteiger partial charge in [0.15, 0.2) is 0 Å². The molecule has 2 amide bonds. The van der Waals surface area contributed by atoms with Gasteiger partial charge in [-0.15, -0.1) is 0 Å². The molecule has 1 saturated heterocycles. The van der Waals surface area contributed by atoms with Crippen molar-refractivity contribution in [2.24, 2.45) is 17.8 Å². The summed E-state index contributed by atoms with van der Waals surface area (Å²) in [6.07, 6.45) is 12.9. The van der Waals surface area contributed by atoms with Crippen LogP contribution in [-0.2, 0) is 4.74 Å². The second kappa shape index (κ2) is 11.9. The highest BCUT2D eigenvalue weighted by Gasteiger charge is 2.36. The molecule has 2 aromatic rings. The zero-order valence-corrected chi connectivity index (χ0v) is 22.5. The van der Waals surface area contributed by atoms with E-state index >= 15 is 0 Å². The van der Waals surface area contributed by atoms with Crippen LogP contribution in [0, 0.1) is 17.8 Å². The molecule has 1 aliphatic heterocycles. The molecule has 0 aromatic carbocycles. The quantitative estimate of drug-likeness (QED) is 0.466. The number of imidazole rings is 1. The van der Waals surface area contributed by atoms with Crippen LogP contribution in [0.4, 0.5) is 0 Å². The minimum absolute atomic E-state index is 0.0947. The van der Waals surface area contributed by atoms with Crippen LogP contribution in [0.25, 0.3) is 5.65 Å². The number of pyridine rings is 1. The summed E-state index contributed by atoms with van der Waals surface area (Å²) in [5, 5.41) is 3.10. The highest BCUT2D eigenvalue weighted by Crippen LogP contribution is 2.47. The summed E-state index contributed by atoms with van der Waals surface area (Å²) in [5.41, 5.74) is 1.51. The van der Waals surface area contributed by atoms with Gasteiger partial charge in [0.25, 0.3) is 11.8 Å². The first-order chi connectivity index (χ1) is 18.0. The van der Waals surface area contributed by atoms with E-state index < -0.39 is 0 Å². The molecule has 2 unspecified atom stereocenters. The van der Waals surface area contributed by atoms with Crippen LogP contribution < -0.4 is 5.32 Å². The first kappa shape index (κ1) is 26.2. The van der Waals surface area contributed by atoms with Gasteiger partial charge in [0.05, 0.1) is 6.61 Å². The van der Waals surface area contributed by atoms with Gasteiger partial charge in [-0.3, -0.25) is 14.0 Å². The molecular formula is C29H43N5O3. The fraction of sp³-hybridized carbons (Fsp3) is 0.690. The van der Waals surface area contributed by atoms with Gasteiger partial charge in [0.1, 0.15) is 17.0 Å². The molecule has 2 atom stereocenters. The van der Waals surface area contributed by atoms with Crippen molar-refractivity contribution < 1.29 is 14.3 Å². The predicted octanol–water partition coefficient (Wildman–Crippen LogP) is 3.85. The molecule has 1 N–H and O–H groups in total. The number of fused-ring (bicyclic) bond motifs is 1. The summed E-state index contributed by atoms with van der Waals surface area (Å²) in [6, 6.07) is 5.65. The lowest BCUT2D eigenvalue weighted by Gasteiger charge is -2.37. The van der Waals surface area contributed by atoms with Gasteiger partial charge in [-0.2, -0.15) is 0 Å². The number of nitrogens with zero attached hydrogens (tertiary/aromatic N) is 4. The Hall–Kier alpha value is -2.45. The van der Waals surface area contributed by atoms with Crippen molar-refractivity contribution in [3.63, 3.8) is 0 Å². The SMILES string of the molecule is COCCN(C(=O)c1cn2c(C(=O)NCCCC3CCC(C4CC4)C3)cccc2n1)C1CCN(C)CC1. The van der Waals surface area contributed by atoms with E-state index in [9.17, 15) is 9.59 Å². The van der Waals surface area contributed by atoms with Crippen LogP contribution >= 0.6 is 0 Å². The Bertz CT molecular complexity index is 1070. The maximum atomic E-state index is 13.6. The number of ether oxygens (including phenoxy) is 1. The van der Waals surface area contributed by atoms with Crippen molar-refractivity contribution in [3.8, 4) is 0 Å². The van der Waals surface area contributed by atoms with Crippen molar-refractivity contribution in [2.75, 3.05) is 46.9 Å². The van der Waals surface area contributed by atoms with Crippen LogP contribution in [-0.4, -0.2) is 84.0 Å². The summed E-state index contributed by atoms with van der Waals surface area (Å²) < 4.78 is 7.05. The number of piperidine rings is 1. The molecule has 2 saturated carbocycles. The third-order valence-electron chi connectivity index (χ3n) is 8.82. The number of likely N-dealkylation sites (tertiary alicyclic amines) is 1. The minimum Gasteiger partial charge on any atom is -0.383 e. The van der Waals surface area contributed by atoms with Gasteiger partial charge in [0.2, 0.25) is 0 Å². The van der Waals surface area contributed by atoms with Crippen LogP contribution in [0.2, 0.25) is 0 Å². The van der Waals surface area contributed by atoms with E-state index in [-0.39, 0.29) is 17.9 Å². The van der Waals surface area contributed by atoms with E-state index in [0.29, 0.717) is 36.7 Å². The van der Waals surface area contributed by atoms with E-state index in [1.807, 2.05) is 17.0 Å². The maximum Gasteiger partial charge on any atom is 0.274 e. The molecule has 5 rings (SSSR count). The van der Waals surface area contributed by atoms with Gasteiger partial charge < -0.3 is 19.9 Å². The third kappa shape index (κ3) is 6.34. The molecule has 3 fully saturated rings. The molecule has 0 radical (unpaired) electrons. The smallest absolute Gasteiger partial charge is 0.274 e. The van der Waals surface area contributed by atoms with E-state index in [0.717, 1.165) is 50.1 Å². The number of nitrogens with one attached hydrogen (secondary N) is 1. The van der Waals surface area contributed by atoms with E-state index in [1.165, 1.54) is 38.5 Å². The van der Waals surface area contributed by atoms with Crippen molar-refractivity contribution in [2.45, 2.75) is 63.8 Å². The lowest BCUT2D eigenvalue weighted by atomic mass is 9.97. The molecule has 2 aliphatic carbocycles. The monoisotopic (exact) mass is 509 g/mol. The van der Waals surface area contributed by atoms with E-state index in [2.05, 4.69) is 22.2 Å². The number of amides is 2. The lowest BCUT2D eigenvalue weighted by Crippen LogP contribution is -2.47. The van der Waals surface area contributed by atoms with Crippen LogP contribution in [0.5, 0.6) is 0 Å². The normalized spacial score (nSPS) is 23.0. The highest BCUT2D eigenvalue weighted by molar-refractivity contribution is 5.95. The van der Waals surface area contributed by atoms with E-state index in [4.69, 9.17) is 4.74 Å². The fourth-order valence-electron chi connectivity index (χ4n) is 6.45. The topological polar surface area (TPSA) is 79.2 Å².